The number of amides is 1. The SMILES string of the molecule is COC(=O)c1ccc(/C(=C(\N)C(=O)Nc2c(F)c(F)c(C(F)(F)F)c(F)c2F)c2cccc(OC)c2)cc1. The zero-order chi connectivity index (χ0) is 28.4. The summed E-state index contributed by atoms with van der Waals surface area (Å²) < 4.78 is 105. The maximum Gasteiger partial charge on any atom is 0.422 e. The Morgan fingerprint density at radius 3 is 1.87 bits per heavy atom. The van der Waals surface area contributed by atoms with Crippen molar-refractivity contribution in [2.24, 2.45) is 5.73 Å². The summed E-state index contributed by atoms with van der Waals surface area (Å²) in [5, 5.41) is 1.50. The number of nitrogens with two attached hydrogens (primary N) is 1. The number of ether oxygens (including phenoxy) is 2. The molecule has 0 heterocycles. The van der Waals surface area contributed by atoms with Crippen molar-refractivity contribution in [2.45, 2.75) is 6.18 Å². The molecule has 0 aliphatic carbocycles. The highest BCUT2D eigenvalue weighted by molar-refractivity contribution is 6.10. The van der Waals surface area contributed by atoms with Crippen LogP contribution in [0.25, 0.3) is 5.57 Å². The first-order chi connectivity index (χ1) is 17.8. The molecular weight excluding hydrogens is 525 g/mol. The Morgan fingerprint density at radius 1 is 0.816 bits per heavy atom. The van der Waals surface area contributed by atoms with E-state index in [-0.39, 0.29) is 22.3 Å². The molecule has 0 atom stereocenters. The lowest BCUT2D eigenvalue weighted by molar-refractivity contribution is -0.143. The van der Waals surface area contributed by atoms with Gasteiger partial charge in [-0.15, -0.1) is 0 Å². The average Bonchev–Trinajstić information content (AvgIpc) is 2.89. The number of halogens is 7. The molecule has 0 bridgehead atoms. The van der Waals surface area contributed by atoms with E-state index in [1.165, 1.54) is 54.9 Å². The molecule has 0 saturated heterocycles. The summed E-state index contributed by atoms with van der Waals surface area (Å²) in [5.74, 6) is -12.3. The van der Waals surface area contributed by atoms with E-state index in [1.807, 2.05) is 0 Å². The van der Waals surface area contributed by atoms with Crippen molar-refractivity contribution in [3.05, 3.63) is 99.8 Å². The van der Waals surface area contributed by atoms with Gasteiger partial charge in [0.15, 0.2) is 23.3 Å². The normalized spacial score (nSPS) is 12.0. The summed E-state index contributed by atoms with van der Waals surface area (Å²) >= 11 is 0. The molecule has 0 fully saturated rings. The van der Waals surface area contributed by atoms with Crippen LogP contribution in [-0.2, 0) is 15.7 Å². The molecule has 0 aliphatic heterocycles. The van der Waals surface area contributed by atoms with Crippen molar-refractivity contribution in [1.82, 2.24) is 0 Å². The Morgan fingerprint density at radius 2 is 1.37 bits per heavy atom. The molecular formula is C25H17F7N2O4. The van der Waals surface area contributed by atoms with Crippen molar-refractivity contribution in [1.29, 1.82) is 0 Å². The summed E-state index contributed by atoms with van der Waals surface area (Å²) in [6.07, 6.45) is -5.76. The number of carbonyl (C=O) groups is 2. The molecule has 0 radical (unpaired) electrons. The summed E-state index contributed by atoms with van der Waals surface area (Å²) in [7, 11) is 2.51. The minimum absolute atomic E-state index is 0.0773. The van der Waals surface area contributed by atoms with E-state index in [0.717, 1.165) is 7.11 Å². The van der Waals surface area contributed by atoms with Crippen molar-refractivity contribution < 1.29 is 49.8 Å². The number of benzene rings is 3. The predicted octanol–water partition coefficient (Wildman–Crippen LogP) is 5.41. The lowest BCUT2D eigenvalue weighted by Gasteiger charge is -2.17. The van der Waals surface area contributed by atoms with Gasteiger partial charge in [0.2, 0.25) is 0 Å². The predicted molar refractivity (Wildman–Crippen MR) is 121 cm³/mol. The van der Waals surface area contributed by atoms with E-state index in [9.17, 15) is 40.3 Å². The Kier molecular flexibility index (Phi) is 7.98. The quantitative estimate of drug-likeness (QED) is 0.188. The van der Waals surface area contributed by atoms with Crippen LogP contribution in [0.3, 0.4) is 0 Å². The third-order valence-corrected chi connectivity index (χ3v) is 5.25. The highest BCUT2D eigenvalue weighted by Crippen LogP contribution is 2.38. The number of anilines is 1. The Balaban J connectivity index is 2.16. The Bertz CT molecular complexity index is 1410. The fourth-order valence-corrected chi connectivity index (χ4v) is 3.43. The van der Waals surface area contributed by atoms with Gasteiger partial charge in [0.05, 0.1) is 19.8 Å². The zero-order valence-corrected chi connectivity index (χ0v) is 19.5. The molecule has 3 N–H and O–H groups in total. The van der Waals surface area contributed by atoms with Gasteiger partial charge < -0.3 is 20.5 Å². The molecule has 3 aromatic carbocycles. The van der Waals surface area contributed by atoms with E-state index in [1.54, 1.807) is 6.07 Å². The first-order valence-electron chi connectivity index (χ1n) is 10.4. The molecule has 0 saturated carbocycles. The largest absolute Gasteiger partial charge is 0.497 e. The number of esters is 1. The van der Waals surface area contributed by atoms with Crippen LogP contribution in [0.15, 0.2) is 54.2 Å². The van der Waals surface area contributed by atoms with Crippen molar-refractivity contribution in [3.63, 3.8) is 0 Å². The van der Waals surface area contributed by atoms with Crippen LogP contribution in [0.5, 0.6) is 5.75 Å². The van der Waals surface area contributed by atoms with Crippen LogP contribution in [0.1, 0.15) is 27.0 Å². The van der Waals surface area contributed by atoms with Crippen molar-refractivity contribution >= 4 is 23.1 Å². The number of nitrogens with one attached hydrogen (secondary N) is 1. The molecule has 3 rings (SSSR count). The van der Waals surface area contributed by atoms with Gasteiger partial charge in [-0.3, -0.25) is 4.79 Å². The van der Waals surface area contributed by atoms with Gasteiger partial charge in [0.1, 0.15) is 22.7 Å². The second kappa shape index (κ2) is 10.8. The monoisotopic (exact) mass is 542 g/mol. The molecule has 1 amide bonds. The summed E-state index contributed by atoms with van der Waals surface area (Å²) in [4.78, 5) is 24.6. The smallest absolute Gasteiger partial charge is 0.422 e. The first kappa shape index (κ1) is 28.0. The second-order valence-electron chi connectivity index (χ2n) is 7.55. The van der Waals surface area contributed by atoms with Crippen molar-refractivity contribution in [3.8, 4) is 5.75 Å². The highest BCUT2D eigenvalue weighted by Gasteiger charge is 2.42. The average molecular weight is 542 g/mol. The van der Waals surface area contributed by atoms with E-state index >= 15 is 0 Å². The van der Waals surface area contributed by atoms with E-state index < -0.39 is 58.3 Å². The molecule has 6 nitrogen and oxygen atoms in total. The van der Waals surface area contributed by atoms with E-state index in [4.69, 9.17) is 10.5 Å². The van der Waals surface area contributed by atoms with Gasteiger partial charge in [-0.25, -0.2) is 22.4 Å². The molecule has 3 aromatic rings. The summed E-state index contributed by atoms with van der Waals surface area (Å²) in [6.45, 7) is 0. The third kappa shape index (κ3) is 5.41. The van der Waals surface area contributed by atoms with E-state index in [2.05, 4.69) is 4.74 Å². The van der Waals surface area contributed by atoms with Crippen LogP contribution in [0.2, 0.25) is 0 Å². The lowest BCUT2D eigenvalue weighted by Crippen LogP contribution is -2.25. The molecule has 13 heteroatoms. The fourth-order valence-electron chi connectivity index (χ4n) is 3.43. The van der Waals surface area contributed by atoms with Gasteiger partial charge in [-0.05, 0) is 35.4 Å². The van der Waals surface area contributed by atoms with Gasteiger partial charge in [0.25, 0.3) is 5.91 Å². The minimum Gasteiger partial charge on any atom is -0.497 e. The van der Waals surface area contributed by atoms with Crippen LogP contribution in [-0.4, -0.2) is 26.1 Å². The maximum atomic E-state index is 14.3. The van der Waals surface area contributed by atoms with Gasteiger partial charge in [0, 0.05) is 5.57 Å². The number of methoxy groups -OCH3 is 2. The topological polar surface area (TPSA) is 90.7 Å². The standard InChI is InChI=1S/C25H17F7N2O4/c1-37-14-5-3-4-13(10-14)15(11-6-8-12(9-7-11)24(36)38-2)21(33)23(35)34-22-19(28)17(26)16(25(30,31)32)18(27)20(22)29/h3-10H,33H2,1-2H3,(H,34,35)/b21-15+. The number of rotatable bonds is 6. The Hall–Kier alpha value is -4.55. The third-order valence-electron chi connectivity index (χ3n) is 5.25. The van der Waals surface area contributed by atoms with Gasteiger partial charge >= 0.3 is 12.1 Å². The summed E-state index contributed by atoms with van der Waals surface area (Å²) in [5.41, 5.74) is 1.11. The van der Waals surface area contributed by atoms with E-state index in [0.29, 0.717) is 5.75 Å². The molecule has 38 heavy (non-hydrogen) atoms. The number of alkyl halides is 3. The number of hydrogen-bond acceptors (Lipinski definition) is 5. The van der Waals surface area contributed by atoms with Crippen molar-refractivity contribution in [2.75, 3.05) is 19.5 Å². The van der Waals surface area contributed by atoms with Gasteiger partial charge in [-0.2, -0.15) is 13.2 Å². The highest BCUT2D eigenvalue weighted by atomic mass is 19.4. The molecule has 0 aliphatic rings. The van der Waals surface area contributed by atoms with Crippen LogP contribution < -0.4 is 15.8 Å². The second-order valence-corrected chi connectivity index (χ2v) is 7.55. The minimum atomic E-state index is -5.76. The number of hydrogen-bond donors (Lipinski definition) is 2. The van der Waals surface area contributed by atoms with Crippen LogP contribution in [0, 0.1) is 23.3 Å². The van der Waals surface area contributed by atoms with Gasteiger partial charge in [-0.1, -0.05) is 24.3 Å². The molecule has 0 unspecified atom stereocenters. The summed E-state index contributed by atoms with van der Waals surface area (Å²) in [6, 6.07) is 11.4. The molecule has 0 spiro atoms. The van der Waals surface area contributed by atoms with Crippen LogP contribution >= 0.6 is 0 Å². The lowest BCUT2D eigenvalue weighted by atomic mass is 9.94. The number of carbonyl (C=O) groups excluding carboxylic acids is 2. The first-order valence-corrected chi connectivity index (χ1v) is 10.4. The Labute approximate surface area is 210 Å². The fraction of sp³-hybridized carbons (Fsp3) is 0.120. The zero-order valence-electron chi connectivity index (χ0n) is 19.5. The van der Waals surface area contributed by atoms with Crippen LogP contribution in [0.4, 0.5) is 36.4 Å². The molecule has 200 valence electrons. The molecule has 0 aromatic heterocycles. The maximum absolute atomic E-state index is 14.3.